The van der Waals surface area contributed by atoms with Crippen LogP contribution >= 0.6 is 0 Å². The van der Waals surface area contributed by atoms with Crippen molar-refractivity contribution in [1.29, 1.82) is 0 Å². The minimum Gasteiger partial charge on any atom is -0.493 e. The van der Waals surface area contributed by atoms with Crippen molar-refractivity contribution in [1.82, 2.24) is 0 Å². The van der Waals surface area contributed by atoms with E-state index in [1.54, 1.807) is 0 Å². The first kappa shape index (κ1) is 11.5. The van der Waals surface area contributed by atoms with Crippen LogP contribution < -0.4 is 10.5 Å². The minimum atomic E-state index is 0.0384. The molecule has 0 radical (unpaired) electrons. The van der Waals surface area contributed by atoms with Gasteiger partial charge in [0.1, 0.15) is 5.75 Å². The van der Waals surface area contributed by atoms with Gasteiger partial charge in [-0.2, -0.15) is 0 Å². The third-order valence-electron chi connectivity index (χ3n) is 3.14. The van der Waals surface area contributed by atoms with E-state index < -0.39 is 0 Å². The molecular weight excluding hydrogens is 198 g/mol. The molecule has 0 aromatic heterocycles. The summed E-state index contributed by atoms with van der Waals surface area (Å²) in [6.07, 6.45) is 3.96. The average molecular weight is 219 g/mol. The molecule has 2 nitrogen and oxygen atoms in total. The second kappa shape index (κ2) is 4.88. The molecule has 2 heteroatoms. The molecule has 0 saturated heterocycles. The highest BCUT2D eigenvalue weighted by molar-refractivity contribution is 5.38. The number of aryl methyl sites for hydroxylation is 1. The molecule has 1 aromatic rings. The van der Waals surface area contributed by atoms with Crippen LogP contribution in [0.2, 0.25) is 0 Å². The number of benzene rings is 1. The van der Waals surface area contributed by atoms with Crippen LogP contribution in [0.5, 0.6) is 5.75 Å². The van der Waals surface area contributed by atoms with Crippen LogP contribution in [-0.2, 0) is 0 Å². The molecule has 1 aromatic carbocycles. The Labute approximate surface area is 97.8 Å². The molecule has 0 bridgehead atoms. The zero-order chi connectivity index (χ0) is 11.5. The molecule has 1 saturated carbocycles. The number of hydrogen-bond acceptors (Lipinski definition) is 2. The van der Waals surface area contributed by atoms with Gasteiger partial charge in [0.05, 0.1) is 6.61 Å². The highest BCUT2D eigenvalue weighted by Crippen LogP contribution is 2.33. The summed E-state index contributed by atoms with van der Waals surface area (Å²) >= 11 is 0. The Hall–Kier alpha value is -1.02. The van der Waals surface area contributed by atoms with Gasteiger partial charge in [-0.25, -0.2) is 0 Å². The minimum absolute atomic E-state index is 0.0384. The molecule has 1 fully saturated rings. The van der Waals surface area contributed by atoms with Gasteiger partial charge >= 0.3 is 0 Å². The van der Waals surface area contributed by atoms with Gasteiger partial charge in [0.2, 0.25) is 0 Å². The lowest BCUT2D eigenvalue weighted by Crippen LogP contribution is -2.09. The quantitative estimate of drug-likeness (QED) is 0.825. The van der Waals surface area contributed by atoms with E-state index in [1.165, 1.54) is 24.8 Å². The molecular formula is C14H21NO. The first-order valence-electron chi connectivity index (χ1n) is 6.15. The van der Waals surface area contributed by atoms with Gasteiger partial charge in [-0.1, -0.05) is 25.0 Å². The summed E-state index contributed by atoms with van der Waals surface area (Å²) in [5.74, 6) is 1.89. The number of nitrogens with two attached hydrogens (primary N) is 1. The monoisotopic (exact) mass is 219 g/mol. The van der Waals surface area contributed by atoms with E-state index in [2.05, 4.69) is 25.1 Å². The van der Waals surface area contributed by atoms with Crippen molar-refractivity contribution in [3.63, 3.8) is 0 Å². The Kier molecular flexibility index (Phi) is 3.49. The molecule has 1 aliphatic rings. The molecule has 16 heavy (non-hydrogen) atoms. The first-order valence-corrected chi connectivity index (χ1v) is 6.15. The van der Waals surface area contributed by atoms with Crippen molar-refractivity contribution in [3.05, 3.63) is 29.3 Å². The predicted molar refractivity (Wildman–Crippen MR) is 66.6 cm³/mol. The maximum absolute atomic E-state index is 5.93. The Morgan fingerprint density at radius 3 is 2.81 bits per heavy atom. The zero-order valence-corrected chi connectivity index (χ0v) is 10.2. The van der Waals surface area contributed by atoms with Gasteiger partial charge in [-0.05, 0) is 37.8 Å². The fourth-order valence-corrected chi connectivity index (χ4v) is 1.88. The van der Waals surface area contributed by atoms with Crippen LogP contribution in [0.25, 0.3) is 0 Å². The molecule has 0 aliphatic heterocycles. The number of ether oxygens (including phenoxy) is 1. The van der Waals surface area contributed by atoms with Crippen LogP contribution in [0.1, 0.15) is 43.4 Å². The van der Waals surface area contributed by atoms with Crippen LogP contribution in [0, 0.1) is 12.8 Å². The van der Waals surface area contributed by atoms with E-state index in [0.29, 0.717) is 0 Å². The second-order valence-electron chi connectivity index (χ2n) is 4.91. The summed E-state index contributed by atoms with van der Waals surface area (Å²) < 4.78 is 5.85. The highest BCUT2D eigenvalue weighted by Gasteiger charge is 2.21. The smallest absolute Gasteiger partial charge is 0.124 e. The van der Waals surface area contributed by atoms with Gasteiger partial charge in [0.25, 0.3) is 0 Å². The standard InChI is InChI=1S/C14H21NO/c1-10-3-6-13(11(2)15)14(9-10)16-8-7-12-4-5-12/h3,6,9,11-12H,4-5,7-8,15H2,1-2H3/t11-/m1/s1. The van der Waals surface area contributed by atoms with Gasteiger partial charge in [0.15, 0.2) is 0 Å². The van der Waals surface area contributed by atoms with E-state index in [4.69, 9.17) is 10.5 Å². The molecule has 2 rings (SSSR count). The fourth-order valence-electron chi connectivity index (χ4n) is 1.88. The lowest BCUT2D eigenvalue weighted by molar-refractivity contribution is 0.298. The van der Waals surface area contributed by atoms with Crippen LogP contribution in [-0.4, -0.2) is 6.61 Å². The maximum atomic E-state index is 5.93. The molecule has 2 N–H and O–H groups in total. The van der Waals surface area contributed by atoms with E-state index in [0.717, 1.165) is 23.8 Å². The van der Waals surface area contributed by atoms with Crippen molar-refractivity contribution in [2.24, 2.45) is 11.7 Å². The summed E-state index contributed by atoms with van der Waals surface area (Å²) in [5, 5.41) is 0. The van der Waals surface area contributed by atoms with Gasteiger partial charge in [-0.15, -0.1) is 0 Å². The van der Waals surface area contributed by atoms with E-state index in [1.807, 2.05) is 6.92 Å². The lowest BCUT2D eigenvalue weighted by atomic mass is 10.1. The van der Waals surface area contributed by atoms with Crippen LogP contribution in [0.3, 0.4) is 0 Å². The topological polar surface area (TPSA) is 35.2 Å². The molecule has 88 valence electrons. The summed E-state index contributed by atoms with van der Waals surface area (Å²) in [6.45, 7) is 4.91. The maximum Gasteiger partial charge on any atom is 0.124 e. The van der Waals surface area contributed by atoms with Crippen molar-refractivity contribution < 1.29 is 4.74 Å². The van der Waals surface area contributed by atoms with E-state index >= 15 is 0 Å². The van der Waals surface area contributed by atoms with Gasteiger partial charge < -0.3 is 10.5 Å². The second-order valence-corrected chi connectivity index (χ2v) is 4.91. The summed E-state index contributed by atoms with van der Waals surface area (Å²) in [6, 6.07) is 6.29. The van der Waals surface area contributed by atoms with Crippen molar-refractivity contribution in [2.75, 3.05) is 6.61 Å². The molecule has 1 aliphatic carbocycles. The Morgan fingerprint density at radius 1 is 1.44 bits per heavy atom. The lowest BCUT2D eigenvalue weighted by Gasteiger charge is -2.14. The van der Waals surface area contributed by atoms with Crippen molar-refractivity contribution >= 4 is 0 Å². The third kappa shape index (κ3) is 2.99. The van der Waals surface area contributed by atoms with Crippen LogP contribution in [0.15, 0.2) is 18.2 Å². The summed E-state index contributed by atoms with van der Waals surface area (Å²) in [4.78, 5) is 0. The Bertz CT molecular complexity index is 356. The third-order valence-corrected chi connectivity index (χ3v) is 3.14. The normalized spacial score (nSPS) is 17.2. The fraction of sp³-hybridized carbons (Fsp3) is 0.571. The Balaban J connectivity index is 2.00. The van der Waals surface area contributed by atoms with E-state index in [9.17, 15) is 0 Å². The molecule has 1 atom stereocenters. The summed E-state index contributed by atoms with van der Waals surface area (Å²) in [7, 11) is 0. The average Bonchev–Trinajstić information content (AvgIpc) is 3.01. The number of rotatable bonds is 5. The van der Waals surface area contributed by atoms with Crippen molar-refractivity contribution in [3.8, 4) is 5.75 Å². The van der Waals surface area contributed by atoms with Gasteiger partial charge in [0, 0.05) is 11.6 Å². The zero-order valence-electron chi connectivity index (χ0n) is 10.2. The molecule has 0 heterocycles. The molecule has 0 unspecified atom stereocenters. The highest BCUT2D eigenvalue weighted by atomic mass is 16.5. The van der Waals surface area contributed by atoms with E-state index in [-0.39, 0.29) is 6.04 Å². The number of hydrogen-bond donors (Lipinski definition) is 1. The van der Waals surface area contributed by atoms with Crippen LogP contribution in [0.4, 0.5) is 0 Å². The summed E-state index contributed by atoms with van der Waals surface area (Å²) in [5.41, 5.74) is 8.27. The largest absolute Gasteiger partial charge is 0.493 e. The Morgan fingerprint density at radius 2 is 2.19 bits per heavy atom. The SMILES string of the molecule is Cc1ccc([C@@H](C)N)c(OCCC2CC2)c1. The van der Waals surface area contributed by atoms with Gasteiger partial charge in [-0.3, -0.25) is 0 Å². The van der Waals surface area contributed by atoms with Crippen molar-refractivity contribution in [2.45, 2.75) is 39.2 Å². The molecule has 0 spiro atoms. The first-order chi connectivity index (χ1) is 7.66. The predicted octanol–water partition coefficient (Wildman–Crippen LogP) is 3.19. The molecule has 0 amide bonds.